The van der Waals surface area contributed by atoms with Gasteiger partial charge in [-0.2, -0.15) is 0 Å². The molecule has 0 fully saturated rings. The molecule has 0 aromatic carbocycles. The summed E-state index contributed by atoms with van der Waals surface area (Å²) in [5.41, 5.74) is 0.116. The van der Waals surface area contributed by atoms with E-state index in [-0.39, 0.29) is 22.5 Å². The third-order valence-corrected chi connectivity index (χ3v) is 1.56. The first-order chi connectivity index (χ1) is 5.59. The van der Waals surface area contributed by atoms with Gasteiger partial charge in [-0.3, -0.25) is 14.6 Å². The maximum Gasteiger partial charge on any atom is 0.255 e. The maximum absolute atomic E-state index is 11.1. The molecule has 0 aliphatic heterocycles. The van der Waals surface area contributed by atoms with Crippen molar-refractivity contribution in [3.8, 4) is 0 Å². The maximum atomic E-state index is 11.1. The fourth-order valence-electron chi connectivity index (χ4n) is 0.837. The van der Waals surface area contributed by atoms with Gasteiger partial charge in [-0.1, -0.05) is 0 Å². The molecule has 0 radical (unpaired) electrons. The molecule has 1 aromatic rings. The molecule has 1 aromatic heterocycles. The van der Waals surface area contributed by atoms with Crippen molar-refractivity contribution in [3.05, 3.63) is 26.9 Å². The molecular weight excluding hydrogens is 176 g/mol. The van der Waals surface area contributed by atoms with E-state index in [4.69, 9.17) is 0 Å². The second-order valence-electron chi connectivity index (χ2n) is 2.48. The average molecular weight is 184 g/mol. The number of Topliss-reactive ketones (excluding diaryl/α,β-unsaturated/α-hetero) is 1. The average Bonchev–Trinajstić information content (AvgIpc) is 1.94. The molecule has 0 aliphatic rings. The van der Waals surface area contributed by atoms with Crippen molar-refractivity contribution in [2.24, 2.45) is 0 Å². The number of hydrogen-bond acceptors (Lipinski definition) is 3. The van der Waals surface area contributed by atoms with E-state index in [1.165, 1.54) is 13.1 Å². The summed E-state index contributed by atoms with van der Waals surface area (Å²) < 4.78 is 0.271. The van der Waals surface area contributed by atoms with Gasteiger partial charge in [0.2, 0.25) is 0 Å². The predicted molar refractivity (Wildman–Crippen MR) is 46.6 cm³/mol. The lowest BCUT2D eigenvalue weighted by Gasteiger charge is -1.94. The molecule has 0 spiro atoms. The monoisotopic (exact) mass is 184 g/mol. The van der Waals surface area contributed by atoms with Crippen LogP contribution in [0.2, 0.25) is 0 Å². The van der Waals surface area contributed by atoms with Gasteiger partial charge in [0.05, 0.1) is 0 Å². The molecule has 0 saturated heterocycles. The topological polar surface area (TPSA) is 65.7 Å². The number of aromatic nitrogens is 2. The lowest BCUT2D eigenvalue weighted by molar-refractivity contribution is -0.116. The smallest absolute Gasteiger partial charge is 0.255 e. The second kappa shape index (κ2) is 3.44. The Morgan fingerprint density at radius 3 is 2.83 bits per heavy atom. The zero-order chi connectivity index (χ0) is 9.14. The van der Waals surface area contributed by atoms with Gasteiger partial charge in [0, 0.05) is 18.2 Å². The van der Waals surface area contributed by atoms with Crippen LogP contribution >= 0.6 is 12.2 Å². The van der Waals surface area contributed by atoms with E-state index in [1.807, 2.05) is 0 Å². The Kier molecular flexibility index (Phi) is 2.54. The van der Waals surface area contributed by atoms with Gasteiger partial charge in [0.25, 0.3) is 5.56 Å². The van der Waals surface area contributed by atoms with Crippen molar-refractivity contribution in [1.29, 1.82) is 0 Å². The summed E-state index contributed by atoms with van der Waals surface area (Å²) in [7, 11) is 0. The van der Waals surface area contributed by atoms with Crippen molar-refractivity contribution in [1.82, 2.24) is 9.97 Å². The van der Waals surface area contributed by atoms with Crippen LogP contribution in [0.3, 0.4) is 0 Å². The minimum atomic E-state index is -0.297. The van der Waals surface area contributed by atoms with E-state index in [2.05, 4.69) is 22.2 Å². The molecule has 1 heterocycles. The molecule has 4 nitrogen and oxygen atoms in total. The summed E-state index contributed by atoms with van der Waals surface area (Å²) in [6.45, 7) is 1.43. The summed E-state index contributed by atoms with van der Waals surface area (Å²) in [5, 5.41) is 0. The number of carbonyl (C=O) groups is 1. The van der Waals surface area contributed by atoms with Gasteiger partial charge in [-0.25, -0.2) is 0 Å². The van der Waals surface area contributed by atoms with E-state index in [1.54, 1.807) is 0 Å². The molecule has 0 aliphatic carbocycles. The highest BCUT2D eigenvalue weighted by atomic mass is 32.1. The van der Waals surface area contributed by atoms with Crippen LogP contribution in [0.15, 0.2) is 11.0 Å². The van der Waals surface area contributed by atoms with Crippen molar-refractivity contribution < 1.29 is 4.79 Å². The largest absolute Gasteiger partial charge is 0.338 e. The van der Waals surface area contributed by atoms with Gasteiger partial charge in [0.1, 0.15) is 5.78 Å². The Morgan fingerprint density at radius 1 is 1.67 bits per heavy atom. The molecular formula is C7H8N2O2S. The number of hydrogen-bond donors (Lipinski definition) is 2. The van der Waals surface area contributed by atoms with Crippen molar-refractivity contribution >= 4 is 18.0 Å². The number of ketones is 1. The first-order valence-electron chi connectivity index (χ1n) is 3.40. The number of rotatable bonds is 2. The summed E-state index contributed by atoms with van der Waals surface area (Å²) in [4.78, 5) is 26.8. The van der Waals surface area contributed by atoms with Gasteiger partial charge < -0.3 is 4.98 Å². The van der Waals surface area contributed by atoms with Crippen molar-refractivity contribution in [2.75, 3.05) is 0 Å². The van der Waals surface area contributed by atoms with Gasteiger partial charge in [-0.15, -0.1) is 0 Å². The molecule has 12 heavy (non-hydrogen) atoms. The van der Waals surface area contributed by atoms with Gasteiger partial charge >= 0.3 is 0 Å². The zero-order valence-electron chi connectivity index (χ0n) is 6.51. The molecule has 0 amide bonds. The Balaban J connectivity index is 3.10. The lowest BCUT2D eigenvalue weighted by atomic mass is 10.2. The Morgan fingerprint density at radius 2 is 2.33 bits per heavy atom. The summed E-state index contributed by atoms with van der Waals surface area (Å²) >= 11 is 4.68. The molecule has 0 saturated carbocycles. The molecule has 0 bridgehead atoms. The minimum Gasteiger partial charge on any atom is -0.338 e. The normalized spacial score (nSPS) is 9.75. The highest BCUT2D eigenvalue weighted by Crippen LogP contribution is 1.89. The van der Waals surface area contributed by atoms with Crippen LogP contribution in [0.5, 0.6) is 0 Å². The first-order valence-corrected chi connectivity index (χ1v) is 3.81. The second-order valence-corrected chi connectivity index (χ2v) is 2.88. The van der Waals surface area contributed by atoms with E-state index >= 15 is 0 Å². The highest BCUT2D eigenvalue weighted by Gasteiger charge is 2.01. The van der Waals surface area contributed by atoms with E-state index < -0.39 is 0 Å². The third-order valence-electron chi connectivity index (χ3n) is 1.34. The molecule has 0 atom stereocenters. The number of aromatic amines is 2. The Labute approximate surface area is 73.6 Å². The predicted octanol–water partition coefficient (Wildman–Crippen LogP) is 0.564. The minimum absolute atomic E-state index is 0.0500. The molecule has 5 heteroatoms. The number of H-pyrrole nitrogens is 2. The molecule has 1 rings (SSSR count). The fraction of sp³-hybridized carbons (Fsp3) is 0.286. The van der Waals surface area contributed by atoms with Crippen molar-refractivity contribution in [2.45, 2.75) is 13.3 Å². The fourth-order valence-corrected chi connectivity index (χ4v) is 0.989. The van der Waals surface area contributed by atoms with Gasteiger partial charge in [0.15, 0.2) is 4.77 Å². The van der Waals surface area contributed by atoms with Crippen LogP contribution in [0, 0.1) is 4.77 Å². The number of carbonyl (C=O) groups excluding carboxylic acids is 1. The Bertz CT molecular complexity index is 404. The van der Waals surface area contributed by atoms with Crippen LogP contribution in [0.1, 0.15) is 12.5 Å². The zero-order valence-corrected chi connectivity index (χ0v) is 7.33. The van der Waals surface area contributed by atoms with Crippen LogP contribution in [-0.4, -0.2) is 15.8 Å². The summed E-state index contributed by atoms with van der Waals surface area (Å²) in [6.07, 6.45) is 1.60. The summed E-state index contributed by atoms with van der Waals surface area (Å²) in [5.74, 6) is -0.0500. The summed E-state index contributed by atoms with van der Waals surface area (Å²) in [6, 6.07) is 0. The molecule has 2 N–H and O–H groups in total. The Hall–Kier alpha value is -1.23. The molecule has 64 valence electrons. The van der Waals surface area contributed by atoms with Crippen LogP contribution < -0.4 is 5.56 Å². The van der Waals surface area contributed by atoms with Crippen LogP contribution in [0.4, 0.5) is 0 Å². The highest BCUT2D eigenvalue weighted by molar-refractivity contribution is 7.71. The van der Waals surface area contributed by atoms with E-state index in [0.29, 0.717) is 5.56 Å². The first kappa shape index (κ1) is 8.86. The molecule has 0 unspecified atom stereocenters. The SMILES string of the molecule is CC(=O)Cc1c[nH]c(=S)[nH]c1=O. The lowest BCUT2D eigenvalue weighted by Crippen LogP contribution is -2.15. The van der Waals surface area contributed by atoms with Gasteiger partial charge in [-0.05, 0) is 19.1 Å². The quantitative estimate of drug-likeness (QED) is 0.660. The van der Waals surface area contributed by atoms with E-state index in [9.17, 15) is 9.59 Å². The third kappa shape index (κ3) is 2.13. The van der Waals surface area contributed by atoms with Crippen molar-refractivity contribution in [3.63, 3.8) is 0 Å². The van der Waals surface area contributed by atoms with Crippen LogP contribution in [-0.2, 0) is 11.2 Å². The van der Waals surface area contributed by atoms with Crippen LogP contribution in [0.25, 0.3) is 0 Å². The number of nitrogens with one attached hydrogen (secondary N) is 2. The van der Waals surface area contributed by atoms with E-state index in [0.717, 1.165) is 0 Å². The standard InChI is InChI=1S/C7H8N2O2S/c1-4(10)2-5-3-8-7(12)9-6(5)11/h3H,2H2,1H3,(H2,8,9,11,12).